The van der Waals surface area contributed by atoms with Gasteiger partial charge >= 0.3 is 6.09 Å². The molecule has 0 spiro atoms. The van der Waals surface area contributed by atoms with Gasteiger partial charge in [-0.05, 0) is 69.5 Å². The Morgan fingerprint density at radius 3 is 2.77 bits per heavy atom. The predicted octanol–water partition coefficient (Wildman–Crippen LogP) is 4.63. The van der Waals surface area contributed by atoms with Crippen molar-refractivity contribution in [1.82, 2.24) is 0 Å². The molecule has 0 N–H and O–H groups in total. The van der Waals surface area contributed by atoms with Crippen LogP contribution in [0, 0.1) is 0 Å². The number of benzene rings is 1. The Morgan fingerprint density at radius 1 is 1.27 bits per heavy atom. The molecule has 0 atom stereocenters. The third-order valence-electron chi connectivity index (χ3n) is 3.62. The van der Waals surface area contributed by atoms with Crippen molar-refractivity contribution >= 4 is 11.8 Å². The lowest BCUT2D eigenvalue weighted by Crippen LogP contribution is -2.39. The highest BCUT2D eigenvalue weighted by Gasteiger charge is 2.27. The van der Waals surface area contributed by atoms with Crippen LogP contribution >= 0.6 is 0 Å². The van der Waals surface area contributed by atoms with Crippen molar-refractivity contribution < 1.29 is 13.9 Å². The molecule has 4 heteroatoms. The molecule has 0 saturated carbocycles. The second kappa shape index (κ2) is 5.52. The number of furan rings is 1. The number of aryl methyl sites for hydroxylation is 1. The molecule has 0 aliphatic carbocycles. The maximum atomic E-state index is 12.4. The Kier molecular flexibility index (Phi) is 3.69. The van der Waals surface area contributed by atoms with Crippen LogP contribution in [-0.4, -0.2) is 18.2 Å². The minimum absolute atomic E-state index is 0.279. The van der Waals surface area contributed by atoms with Crippen LogP contribution in [0.15, 0.2) is 41.0 Å². The van der Waals surface area contributed by atoms with E-state index >= 15 is 0 Å². The molecule has 0 unspecified atom stereocenters. The fourth-order valence-electron chi connectivity index (χ4n) is 2.70. The molecule has 22 heavy (non-hydrogen) atoms. The molecule has 0 bridgehead atoms. The van der Waals surface area contributed by atoms with Crippen LogP contribution in [0.2, 0.25) is 0 Å². The molecule has 2 heterocycles. The van der Waals surface area contributed by atoms with Crippen LogP contribution in [0.1, 0.15) is 32.8 Å². The smallest absolute Gasteiger partial charge is 0.414 e. The van der Waals surface area contributed by atoms with Gasteiger partial charge in [-0.25, -0.2) is 4.79 Å². The summed E-state index contributed by atoms with van der Waals surface area (Å²) in [6, 6.07) is 9.89. The Labute approximate surface area is 130 Å². The molecule has 116 valence electrons. The van der Waals surface area contributed by atoms with Gasteiger partial charge in [-0.3, -0.25) is 4.90 Å². The van der Waals surface area contributed by atoms with Crippen molar-refractivity contribution in [2.45, 2.75) is 39.2 Å². The molecule has 0 fully saturated rings. The van der Waals surface area contributed by atoms with E-state index in [2.05, 4.69) is 6.07 Å². The summed E-state index contributed by atoms with van der Waals surface area (Å²) in [7, 11) is 0. The number of ether oxygens (including phenoxy) is 1. The lowest BCUT2D eigenvalue weighted by molar-refractivity contribution is 0.0578. The highest BCUT2D eigenvalue weighted by atomic mass is 16.6. The molecule has 3 rings (SSSR count). The molecule has 1 amide bonds. The van der Waals surface area contributed by atoms with Gasteiger partial charge in [0.1, 0.15) is 11.4 Å². The second-order valence-electron chi connectivity index (χ2n) is 6.56. The average molecular weight is 299 g/mol. The number of rotatable bonds is 1. The van der Waals surface area contributed by atoms with Gasteiger partial charge in [0.2, 0.25) is 0 Å². The van der Waals surface area contributed by atoms with E-state index in [1.165, 1.54) is 0 Å². The van der Waals surface area contributed by atoms with Gasteiger partial charge in [-0.15, -0.1) is 0 Å². The number of amides is 1. The molecular weight excluding hydrogens is 278 g/mol. The Hall–Kier alpha value is -2.23. The number of carbonyl (C=O) groups is 1. The molecular formula is C18H21NO3. The monoisotopic (exact) mass is 299 g/mol. The standard InChI is InChI=1S/C18H21NO3/c1-18(2,3)22-17(20)19-10-4-6-13-12-14(8-9-15(13)19)16-7-5-11-21-16/h5,7-9,11-12H,4,6,10H2,1-3H3. The Balaban J connectivity index is 1.89. The predicted molar refractivity (Wildman–Crippen MR) is 86.0 cm³/mol. The van der Waals surface area contributed by atoms with Gasteiger partial charge in [0, 0.05) is 12.1 Å². The van der Waals surface area contributed by atoms with Crippen LogP contribution in [0.4, 0.5) is 10.5 Å². The van der Waals surface area contributed by atoms with Crippen LogP contribution in [-0.2, 0) is 11.2 Å². The summed E-state index contributed by atoms with van der Waals surface area (Å²) in [4.78, 5) is 14.1. The van der Waals surface area contributed by atoms with Crippen LogP contribution < -0.4 is 4.90 Å². The third kappa shape index (κ3) is 3.01. The fourth-order valence-corrected chi connectivity index (χ4v) is 2.70. The van der Waals surface area contributed by atoms with Crippen molar-refractivity contribution in [2.24, 2.45) is 0 Å². The Bertz CT molecular complexity index is 668. The van der Waals surface area contributed by atoms with E-state index in [9.17, 15) is 4.79 Å². The first-order valence-electron chi connectivity index (χ1n) is 7.61. The molecule has 1 aromatic carbocycles. The van der Waals surface area contributed by atoms with E-state index in [1.54, 1.807) is 11.2 Å². The average Bonchev–Trinajstić information content (AvgIpc) is 2.98. The zero-order chi connectivity index (χ0) is 15.7. The highest BCUT2D eigenvalue weighted by molar-refractivity contribution is 5.90. The molecule has 1 aromatic heterocycles. The first-order valence-corrected chi connectivity index (χ1v) is 7.61. The summed E-state index contributed by atoms with van der Waals surface area (Å²) < 4.78 is 11.0. The van der Waals surface area contributed by atoms with Gasteiger partial charge in [0.25, 0.3) is 0 Å². The van der Waals surface area contributed by atoms with Crippen molar-refractivity contribution in [2.75, 3.05) is 11.4 Å². The molecule has 0 radical (unpaired) electrons. The molecule has 2 aromatic rings. The van der Waals surface area contributed by atoms with E-state index in [0.717, 1.165) is 35.4 Å². The fraction of sp³-hybridized carbons (Fsp3) is 0.389. The number of hydrogen-bond acceptors (Lipinski definition) is 3. The van der Waals surface area contributed by atoms with Gasteiger partial charge < -0.3 is 9.15 Å². The lowest BCUT2D eigenvalue weighted by atomic mass is 9.98. The summed E-state index contributed by atoms with van der Waals surface area (Å²) in [6.07, 6.45) is 3.29. The summed E-state index contributed by atoms with van der Waals surface area (Å²) in [5, 5.41) is 0. The number of nitrogens with zero attached hydrogens (tertiary/aromatic N) is 1. The number of hydrogen-bond donors (Lipinski definition) is 0. The summed E-state index contributed by atoms with van der Waals surface area (Å²) >= 11 is 0. The summed E-state index contributed by atoms with van der Waals surface area (Å²) in [5.41, 5.74) is 2.65. The first-order chi connectivity index (χ1) is 10.4. The van der Waals surface area contributed by atoms with E-state index in [-0.39, 0.29) is 6.09 Å². The van der Waals surface area contributed by atoms with Gasteiger partial charge in [-0.1, -0.05) is 0 Å². The second-order valence-corrected chi connectivity index (χ2v) is 6.56. The number of anilines is 1. The maximum Gasteiger partial charge on any atom is 0.414 e. The maximum absolute atomic E-state index is 12.4. The number of carbonyl (C=O) groups excluding carboxylic acids is 1. The van der Waals surface area contributed by atoms with Crippen molar-refractivity contribution in [1.29, 1.82) is 0 Å². The normalized spacial score (nSPS) is 14.6. The minimum Gasteiger partial charge on any atom is -0.464 e. The summed E-state index contributed by atoms with van der Waals surface area (Å²) in [6.45, 7) is 6.35. The number of fused-ring (bicyclic) bond motifs is 1. The quantitative estimate of drug-likeness (QED) is 0.770. The summed E-state index contributed by atoms with van der Waals surface area (Å²) in [5.74, 6) is 0.845. The first kappa shape index (κ1) is 14.7. The van der Waals surface area contributed by atoms with Crippen molar-refractivity contribution in [3.63, 3.8) is 0 Å². The minimum atomic E-state index is -0.483. The molecule has 1 aliphatic rings. The van der Waals surface area contributed by atoms with Gasteiger partial charge in [0.05, 0.1) is 12.0 Å². The van der Waals surface area contributed by atoms with E-state index < -0.39 is 5.60 Å². The van der Waals surface area contributed by atoms with Crippen molar-refractivity contribution in [3.05, 3.63) is 42.2 Å². The lowest BCUT2D eigenvalue weighted by Gasteiger charge is -2.31. The molecule has 1 aliphatic heterocycles. The SMILES string of the molecule is CC(C)(C)OC(=O)N1CCCc2cc(-c3ccco3)ccc21. The Morgan fingerprint density at radius 2 is 2.09 bits per heavy atom. The van der Waals surface area contributed by atoms with Gasteiger partial charge in [0.15, 0.2) is 0 Å². The zero-order valence-electron chi connectivity index (χ0n) is 13.3. The van der Waals surface area contributed by atoms with Crippen LogP contribution in [0.25, 0.3) is 11.3 Å². The van der Waals surface area contributed by atoms with Crippen LogP contribution in [0.3, 0.4) is 0 Å². The van der Waals surface area contributed by atoms with E-state index in [4.69, 9.17) is 9.15 Å². The van der Waals surface area contributed by atoms with E-state index in [0.29, 0.717) is 6.54 Å². The van der Waals surface area contributed by atoms with E-state index in [1.807, 2.05) is 45.0 Å². The molecule has 0 saturated heterocycles. The van der Waals surface area contributed by atoms with Gasteiger partial charge in [-0.2, -0.15) is 0 Å². The molecule has 4 nitrogen and oxygen atoms in total. The zero-order valence-corrected chi connectivity index (χ0v) is 13.3. The van der Waals surface area contributed by atoms with Crippen molar-refractivity contribution in [3.8, 4) is 11.3 Å². The van der Waals surface area contributed by atoms with Crippen LogP contribution in [0.5, 0.6) is 0 Å². The highest BCUT2D eigenvalue weighted by Crippen LogP contribution is 2.32. The largest absolute Gasteiger partial charge is 0.464 e. The topological polar surface area (TPSA) is 42.7 Å². The third-order valence-corrected chi connectivity index (χ3v) is 3.62.